The molecule has 3 rings (SSSR count). The number of aliphatic hydroxyl groups is 1. The monoisotopic (exact) mass is 227 g/mol. The largest absolute Gasteiger partial charge is 0.417 e. The Kier molecular flexibility index (Phi) is 2.27. The van der Waals surface area contributed by atoms with Crippen molar-refractivity contribution in [2.24, 2.45) is 0 Å². The second kappa shape index (κ2) is 3.79. The van der Waals surface area contributed by atoms with Crippen molar-refractivity contribution in [2.75, 3.05) is 7.11 Å². The van der Waals surface area contributed by atoms with Gasteiger partial charge in [0.15, 0.2) is 0 Å². The second-order valence-electron chi connectivity index (χ2n) is 4.00. The number of aliphatic hydroxyl groups excluding tert-OH is 1. The van der Waals surface area contributed by atoms with E-state index in [9.17, 15) is 5.11 Å². The fraction of sp³-hybridized carbons (Fsp3) is 0.143. The van der Waals surface area contributed by atoms with E-state index in [1.54, 1.807) is 7.11 Å². The maximum atomic E-state index is 9.20. The quantitative estimate of drug-likeness (QED) is 0.729. The standard InChI is InChI=1S/C14H13NO2/c1-17-15-13-5-3-2-4-11(13)12-8-10(9-16)6-7-14(12)15/h2-8,16H,9H2,1H3. The minimum absolute atomic E-state index is 0.0580. The van der Waals surface area contributed by atoms with Crippen molar-refractivity contribution in [2.45, 2.75) is 6.61 Å². The summed E-state index contributed by atoms with van der Waals surface area (Å²) in [5, 5.41) is 11.4. The van der Waals surface area contributed by atoms with Crippen LogP contribution in [0.1, 0.15) is 5.56 Å². The molecule has 0 bridgehead atoms. The Balaban J connectivity index is 2.49. The van der Waals surface area contributed by atoms with Gasteiger partial charge in [-0.15, -0.1) is 0 Å². The fourth-order valence-corrected chi connectivity index (χ4v) is 2.28. The topological polar surface area (TPSA) is 34.4 Å². The van der Waals surface area contributed by atoms with Crippen molar-refractivity contribution in [3.63, 3.8) is 0 Å². The Morgan fingerprint density at radius 1 is 1.06 bits per heavy atom. The highest BCUT2D eigenvalue weighted by Gasteiger charge is 2.10. The van der Waals surface area contributed by atoms with Crippen LogP contribution in [0.4, 0.5) is 0 Å². The zero-order valence-electron chi connectivity index (χ0n) is 9.55. The molecule has 3 nitrogen and oxygen atoms in total. The molecule has 1 aromatic heterocycles. The normalized spacial score (nSPS) is 11.2. The third kappa shape index (κ3) is 1.40. The van der Waals surface area contributed by atoms with Gasteiger partial charge in [0.2, 0.25) is 0 Å². The molecule has 86 valence electrons. The molecule has 1 N–H and O–H groups in total. The first-order valence-electron chi connectivity index (χ1n) is 5.52. The molecule has 0 unspecified atom stereocenters. The molecule has 0 aliphatic rings. The zero-order valence-corrected chi connectivity index (χ0v) is 9.55. The average molecular weight is 227 g/mol. The summed E-state index contributed by atoms with van der Waals surface area (Å²) < 4.78 is 1.81. The lowest BCUT2D eigenvalue weighted by atomic mass is 10.1. The number of fused-ring (bicyclic) bond motifs is 3. The van der Waals surface area contributed by atoms with Crippen LogP contribution in [-0.4, -0.2) is 16.9 Å². The van der Waals surface area contributed by atoms with Crippen molar-refractivity contribution in [3.05, 3.63) is 48.0 Å². The molecule has 3 heteroatoms. The molecular formula is C14H13NO2. The van der Waals surface area contributed by atoms with Gasteiger partial charge in [-0.2, -0.15) is 4.73 Å². The summed E-state index contributed by atoms with van der Waals surface area (Å²) >= 11 is 0. The van der Waals surface area contributed by atoms with Gasteiger partial charge in [-0.3, -0.25) is 0 Å². The molecule has 0 fully saturated rings. The van der Waals surface area contributed by atoms with Gasteiger partial charge in [0.25, 0.3) is 0 Å². The van der Waals surface area contributed by atoms with Crippen molar-refractivity contribution in [1.29, 1.82) is 0 Å². The predicted molar refractivity (Wildman–Crippen MR) is 67.9 cm³/mol. The van der Waals surface area contributed by atoms with E-state index in [1.165, 1.54) is 0 Å². The van der Waals surface area contributed by atoms with Crippen molar-refractivity contribution < 1.29 is 9.94 Å². The van der Waals surface area contributed by atoms with Gasteiger partial charge in [0.05, 0.1) is 17.6 Å². The van der Waals surface area contributed by atoms with E-state index in [1.807, 2.05) is 41.1 Å². The highest BCUT2D eigenvalue weighted by atomic mass is 16.6. The maximum absolute atomic E-state index is 9.20. The summed E-state index contributed by atoms with van der Waals surface area (Å²) in [6.45, 7) is 0.0580. The lowest BCUT2D eigenvalue weighted by molar-refractivity contribution is 0.190. The zero-order chi connectivity index (χ0) is 11.8. The van der Waals surface area contributed by atoms with Crippen molar-refractivity contribution in [1.82, 2.24) is 4.73 Å². The van der Waals surface area contributed by atoms with Gasteiger partial charge in [0.1, 0.15) is 7.11 Å². The number of aromatic nitrogens is 1. The summed E-state index contributed by atoms with van der Waals surface area (Å²) in [6.07, 6.45) is 0. The summed E-state index contributed by atoms with van der Waals surface area (Å²) in [5.74, 6) is 0. The Bertz CT molecular complexity index is 685. The van der Waals surface area contributed by atoms with E-state index in [4.69, 9.17) is 4.84 Å². The van der Waals surface area contributed by atoms with Gasteiger partial charge in [-0.05, 0) is 23.8 Å². The number of hydrogen-bond acceptors (Lipinski definition) is 2. The molecule has 1 heterocycles. The summed E-state index contributed by atoms with van der Waals surface area (Å²) in [7, 11) is 1.66. The third-order valence-corrected chi connectivity index (χ3v) is 3.06. The molecule has 0 aliphatic carbocycles. The molecule has 17 heavy (non-hydrogen) atoms. The van der Waals surface area contributed by atoms with Gasteiger partial charge in [-0.1, -0.05) is 24.3 Å². The number of benzene rings is 2. The number of rotatable bonds is 2. The molecule has 0 spiro atoms. The average Bonchev–Trinajstić information content (AvgIpc) is 2.71. The third-order valence-electron chi connectivity index (χ3n) is 3.06. The molecule has 3 aromatic rings. The van der Waals surface area contributed by atoms with Crippen LogP contribution in [0.3, 0.4) is 0 Å². The molecule has 0 amide bonds. The Morgan fingerprint density at radius 3 is 2.59 bits per heavy atom. The summed E-state index contributed by atoms with van der Waals surface area (Å²) in [5.41, 5.74) is 2.97. The summed E-state index contributed by atoms with van der Waals surface area (Å²) in [6, 6.07) is 14.0. The summed E-state index contributed by atoms with van der Waals surface area (Å²) in [4.78, 5) is 5.41. The van der Waals surface area contributed by atoms with Crippen LogP contribution >= 0.6 is 0 Å². The molecule has 0 saturated carbocycles. The van der Waals surface area contributed by atoms with E-state index >= 15 is 0 Å². The Morgan fingerprint density at radius 2 is 1.82 bits per heavy atom. The van der Waals surface area contributed by atoms with Crippen molar-refractivity contribution in [3.8, 4) is 0 Å². The molecule has 0 saturated heterocycles. The van der Waals surface area contributed by atoms with Gasteiger partial charge >= 0.3 is 0 Å². The van der Waals surface area contributed by atoms with Crippen LogP contribution in [0, 0.1) is 0 Å². The first-order valence-corrected chi connectivity index (χ1v) is 5.52. The first-order chi connectivity index (χ1) is 8.35. The number of nitrogens with zero attached hydrogens (tertiary/aromatic N) is 1. The van der Waals surface area contributed by atoms with Crippen LogP contribution in [-0.2, 0) is 6.61 Å². The number of para-hydroxylation sites is 1. The first kappa shape index (κ1) is 10.2. The van der Waals surface area contributed by atoms with Gasteiger partial charge in [-0.25, -0.2) is 0 Å². The predicted octanol–water partition coefficient (Wildman–Crippen LogP) is 2.35. The van der Waals surface area contributed by atoms with E-state index in [0.717, 1.165) is 27.4 Å². The fourth-order valence-electron chi connectivity index (χ4n) is 2.28. The van der Waals surface area contributed by atoms with Crippen molar-refractivity contribution >= 4 is 21.8 Å². The lowest BCUT2D eigenvalue weighted by Crippen LogP contribution is -2.04. The SMILES string of the molecule is COn1c2ccccc2c2cc(CO)ccc21. The minimum Gasteiger partial charge on any atom is -0.417 e. The molecule has 0 atom stereocenters. The second-order valence-corrected chi connectivity index (χ2v) is 4.00. The highest BCUT2D eigenvalue weighted by molar-refractivity contribution is 6.07. The smallest absolute Gasteiger partial charge is 0.104 e. The minimum atomic E-state index is 0.0580. The van der Waals surface area contributed by atoms with Gasteiger partial charge in [0, 0.05) is 10.8 Å². The lowest BCUT2D eigenvalue weighted by Gasteiger charge is -2.03. The van der Waals surface area contributed by atoms with Crippen LogP contribution in [0.15, 0.2) is 42.5 Å². The van der Waals surface area contributed by atoms with Crippen LogP contribution in [0.2, 0.25) is 0 Å². The van der Waals surface area contributed by atoms with Crippen LogP contribution < -0.4 is 4.84 Å². The van der Waals surface area contributed by atoms with Crippen LogP contribution in [0.25, 0.3) is 21.8 Å². The van der Waals surface area contributed by atoms with Gasteiger partial charge < -0.3 is 9.94 Å². The number of hydrogen-bond donors (Lipinski definition) is 1. The maximum Gasteiger partial charge on any atom is 0.104 e. The van der Waals surface area contributed by atoms with E-state index in [-0.39, 0.29) is 6.61 Å². The Labute approximate surface area is 98.8 Å². The molecule has 0 radical (unpaired) electrons. The van der Waals surface area contributed by atoms with E-state index < -0.39 is 0 Å². The molecule has 2 aromatic carbocycles. The Hall–Kier alpha value is -2.00. The van der Waals surface area contributed by atoms with Crippen LogP contribution in [0.5, 0.6) is 0 Å². The van der Waals surface area contributed by atoms with E-state index in [0.29, 0.717) is 0 Å². The highest BCUT2D eigenvalue weighted by Crippen LogP contribution is 2.28. The molecule has 0 aliphatic heterocycles. The van der Waals surface area contributed by atoms with E-state index in [2.05, 4.69) is 6.07 Å². The molecular weight excluding hydrogens is 214 g/mol.